The SMILES string of the molecule is CC(=O)N[C@@H]1/C(=N\OC(C)=O)OC(COC(C)=O)[C@@H](OC(C)=O)[C@@H]1OC(C)=O. The van der Waals surface area contributed by atoms with E-state index in [4.69, 9.17) is 18.9 Å². The molecule has 1 rings (SSSR count). The number of carbonyl (C=O) groups is 5. The average molecular weight is 402 g/mol. The van der Waals surface area contributed by atoms with Crippen LogP contribution in [0.5, 0.6) is 0 Å². The van der Waals surface area contributed by atoms with Gasteiger partial charge in [-0.2, -0.15) is 0 Å². The van der Waals surface area contributed by atoms with Crippen LogP contribution < -0.4 is 5.32 Å². The molecule has 0 aromatic carbocycles. The quantitative estimate of drug-likeness (QED) is 0.258. The molecule has 0 radical (unpaired) electrons. The number of ether oxygens (including phenoxy) is 4. The molecule has 0 aliphatic carbocycles. The van der Waals surface area contributed by atoms with Crippen LogP contribution in [-0.4, -0.2) is 66.6 Å². The summed E-state index contributed by atoms with van der Waals surface area (Å²) in [7, 11) is 0. The summed E-state index contributed by atoms with van der Waals surface area (Å²) >= 11 is 0. The molecule has 156 valence electrons. The molecule has 1 unspecified atom stereocenters. The smallest absolute Gasteiger partial charge is 0.332 e. The van der Waals surface area contributed by atoms with E-state index in [9.17, 15) is 24.0 Å². The third-order valence-corrected chi connectivity index (χ3v) is 3.23. The van der Waals surface area contributed by atoms with E-state index in [2.05, 4.69) is 15.3 Å². The highest BCUT2D eigenvalue weighted by Gasteiger charge is 2.50. The van der Waals surface area contributed by atoms with Gasteiger partial charge in [0.25, 0.3) is 5.90 Å². The molecule has 1 saturated heterocycles. The monoisotopic (exact) mass is 402 g/mol. The maximum Gasteiger partial charge on any atom is 0.332 e. The van der Waals surface area contributed by atoms with Gasteiger partial charge >= 0.3 is 23.9 Å². The molecule has 0 aromatic heterocycles. The number of amides is 1. The summed E-state index contributed by atoms with van der Waals surface area (Å²) in [5, 5.41) is 5.96. The van der Waals surface area contributed by atoms with Crippen molar-refractivity contribution >= 4 is 35.7 Å². The summed E-state index contributed by atoms with van der Waals surface area (Å²) in [6.07, 6.45) is -3.71. The van der Waals surface area contributed by atoms with Crippen molar-refractivity contribution in [3.63, 3.8) is 0 Å². The standard InChI is InChI=1S/C16H22N2O10/c1-7(19)17-13-15(26-10(4)22)14(25-9(3)21)12(6-24-8(2)20)27-16(13)18-28-11(5)23/h12-15H,6H2,1-5H3,(H,17,19)/b18-16+/t12?,13-,14+,15+/m0/s1. The Bertz CT molecular complexity index is 674. The summed E-state index contributed by atoms with van der Waals surface area (Å²) in [5.41, 5.74) is 0. The van der Waals surface area contributed by atoms with E-state index in [0.717, 1.165) is 27.7 Å². The number of hydrogen-bond acceptors (Lipinski definition) is 11. The van der Waals surface area contributed by atoms with Crippen LogP contribution in [0.4, 0.5) is 0 Å². The second kappa shape index (κ2) is 10.2. The van der Waals surface area contributed by atoms with E-state index in [1.165, 1.54) is 6.92 Å². The van der Waals surface area contributed by atoms with Crippen molar-refractivity contribution in [1.82, 2.24) is 5.32 Å². The second-order valence-corrected chi connectivity index (χ2v) is 5.80. The highest BCUT2D eigenvalue weighted by Crippen LogP contribution is 2.25. The van der Waals surface area contributed by atoms with Gasteiger partial charge in [0.2, 0.25) is 5.91 Å². The van der Waals surface area contributed by atoms with Gasteiger partial charge in [-0.25, -0.2) is 4.79 Å². The number of oxime groups is 1. The van der Waals surface area contributed by atoms with E-state index in [1.807, 2.05) is 0 Å². The Hall–Kier alpha value is -3.18. The van der Waals surface area contributed by atoms with Gasteiger partial charge in [0, 0.05) is 34.6 Å². The highest BCUT2D eigenvalue weighted by atomic mass is 16.7. The molecule has 0 saturated carbocycles. The fourth-order valence-electron chi connectivity index (χ4n) is 2.38. The minimum atomic E-state index is -1.30. The topological polar surface area (TPSA) is 156 Å². The van der Waals surface area contributed by atoms with E-state index < -0.39 is 60.7 Å². The predicted octanol–water partition coefficient (Wildman–Crippen LogP) is -0.807. The first kappa shape index (κ1) is 22.9. The van der Waals surface area contributed by atoms with Gasteiger partial charge in [-0.15, -0.1) is 0 Å². The average Bonchev–Trinajstić information content (AvgIpc) is 2.54. The molecule has 1 N–H and O–H groups in total. The normalized spacial score (nSPS) is 25.1. The van der Waals surface area contributed by atoms with Gasteiger partial charge in [-0.1, -0.05) is 0 Å². The van der Waals surface area contributed by atoms with Crippen LogP contribution in [0.3, 0.4) is 0 Å². The van der Waals surface area contributed by atoms with E-state index in [-0.39, 0.29) is 5.90 Å². The van der Waals surface area contributed by atoms with Gasteiger partial charge < -0.3 is 29.1 Å². The maximum atomic E-state index is 11.6. The van der Waals surface area contributed by atoms with Gasteiger partial charge in [0.05, 0.1) is 0 Å². The first-order valence-corrected chi connectivity index (χ1v) is 8.18. The van der Waals surface area contributed by atoms with Crippen LogP contribution in [0.15, 0.2) is 5.16 Å². The van der Waals surface area contributed by atoms with Gasteiger partial charge in [0.1, 0.15) is 12.6 Å². The van der Waals surface area contributed by atoms with Crippen LogP contribution in [-0.2, 0) is 47.8 Å². The fraction of sp³-hybridized carbons (Fsp3) is 0.625. The zero-order valence-electron chi connectivity index (χ0n) is 16.0. The second-order valence-electron chi connectivity index (χ2n) is 5.80. The molecular formula is C16H22N2O10. The van der Waals surface area contributed by atoms with Crippen molar-refractivity contribution in [3.05, 3.63) is 0 Å². The molecular weight excluding hydrogens is 380 g/mol. The van der Waals surface area contributed by atoms with Crippen LogP contribution in [0.1, 0.15) is 34.6 Å². The first-order chi connectivity index (χ1) is 13.0. The minimum absolute atomic E-state index is 0.336. The molecule has 4 atom stereocenters. The van der Waals surface area contributed by atoms with Crippen molar-refractivity contribution in [2.24, 2.45) is 5.16 Å². The lowest BCUT2D eigenvalue weighted by atomic mass is 9.96. The van der Waals surface area contributed by atoms with Crippen LogP contribution in [0.25, 0.3) is 0 Å². The van der Waals surface area contributed by atoms with Gasteiger partial charge in [-0.3, -0.25) is 19.2 Å². The Morgan fingerprint density at radius 2 is 1.46 bits per heavy atom. The number of carbonyl (C=O) groups excluding carboxylic acids is 5. The van der Waals surface area contributed by atoms with E-state index in [1.54, 1.807) is 0 Å². The van der Waals surface area contributed by atoms with Crippen molar-refractivity contribution in [2.75, 3.05) is 6.61 Å². The molecule has 1 heterocycles. The van der Waals surface area contributed by atoms with Crippen LogP contribution in [0, 0.1) is 0 Å². The summed E-state index contributed by atoms with van der Waals surface area (Å²) in [4.78, 5) is 61.5. The maximum absolute atomic E-state index is 11.6. The number of nitrogens with one attached hydrogen (secondary N) is 1. The summed E-state index contributed by atoms with van der Waals surface area (Å²) in [6, 6.07) is -1.24. The Balaban J connectivity index is 3.37. The summed E-state index contributed by atoms with van der Waals surface area (Å²) in [6.45, 7) is 5.25. The molecule has 1 aliphatic heterocycles. The van der Waals surface area contributed by atoms with Crippen molar-refractivity contribution in [1.29, 1.82) is 0 Å². The molecule has 0 spiro atoms. The molecule has 0 aromatic rings. The lowest BCUT2D eigenvalue weighted by molar-refractivity contribution is -0.186. The van der Waals surface area contributed by atoms with Crippen molar-refractivity contribution in [2.45, 2.75) is 59.0 Å². The lowest BCUT2D eigenvalue weighted by Gasteiger charge is -2.41. The van der Waals surface area contributed by atoms with Gasteiger partial charge in [-0.05, 0) is 5.16 Å². The molecule has 1 aliphatic rings. The van der Waals surface area contributed by atoms with Crippen LogP contribution in [0.2, 0.25) is 0 Å². The minimum Gasteiger partial charge on any atom is -0.466 e. The fourth-order valence-corrected chi connectivity index (χ4v) is 2.38. The number of hydrogen-bond donors (Lipinski definition) is 1. The molecule has 0 bridgehead atoms. The summed E-state index contributed by atoms with van der Waals surface area (Å²) in [5.74, 6) is -3.80. The third-order valence-electron chi connectivity index (χ3n) is 3.23. The Morgan fingerprint density at radius 1 is 0.893 bits per heavy atom. The zero-order valence-corrected chi connectivity index (χ0v) is 16.0. The molecule has 12 nitrogen and oxygen atoms in total. The number of nitrogens with zero attached hydrogens (tertiary/aromatic N) is 1. The lowest BCUT2D eigenvalue weighted by Crippen LogP contribution is -2.64. The molecule has 1 fully saturated rings. The Labute approximate surface area is 160 Å². The summed E-state index contributed by atoms with van der Waals surface area (Å²) < 4.78 is 20.8. The zero-order chi connectivity index (χ0) is 21.4. The van der Waals surface area contributed by atoms with Crippen LogP contribution >= 0.6 is 0 Å². The van der Waals surface area contributed by atoms with E-state index in [0.29, 0.717) is 0 Å². The number of rotatable bonds is 6. The molecule has 12 heteroatoms. The first-order valence-electron chi connectivity index (χ1n) is 8.18. The highest BCUT2D eigenvalue weighted by molar-refractivity contribution is 5.89. The van der Waals surface area contributed by atoms with Crippen molar-refractivity contribution in [3.8, 4) is 0 Å². The Morgan fingerprint density at radius 3 is 1.93 bits per heavy atom. The predicted molar refractivity (Wildman–Crippen MR) is 89.4 cm³/mol. The van der Waals surface area contributed by atoms with Crippen molar-refractivity contribution < 1.29 is 47.8 Å². The van der Waals surface area contributed by atoms with Gasteiger partial charge in [0.15, 0.2) is 18.3 Å². The number of esters is 3. The van der Waals surface area contributed by atoms with E-state index >= 15 is 0 Å². The molecule has 28 heavy (non-hydrogen) atoms. The molecule has 1 amide bonds. The third kappa shape index (κ3) is 7.21. The largest absolute Gasteiger partial charge is 0.466 e. The Kier molecular flexibility index (Phi) is 8.35.